The molecule has 4 aromatic carbocycles. The maximum absolute atomic E-state index is 5.52. The Balaban J connectivity index is 1.92. The molecule has 0 saturated carbocycles. The van der Waals surface area contributed by atoms with E-state index < -0.39 is 14.4 Å². The van der Waals surface area contributed by atoms with Crippen molar-refractivity contribution in [2.45, 2.75) is 22.1 Å². The SMILES string of the molecule is CN(C)c1cc[c]([Zr]([CH3])([CH3])(=[SiH2])([C]2=CC=CC2)([c]2ccccc2)[c]2ccccc2)c2c1-c1ccccc1C2. The first-order valence-electron chi connectivity index (χ1n) is 13.5. The number of allylic oxidation sites excluding steroid dienone is 4. The molecule has 4 aromatic rings. The van der Waals surface area contributed by atoms with Gasteiger partial charge in [-0.25, -0.2) is 0 Å². The van der Waals surface area contributed by atoms with Crippen molar-refractivity contribution in [1.29, 1.82) is 0 Å². The molecule has 0 heterocycles. The first-order chi connectivity index (χ1) is 17.6. The maximum atomic E-state index is 2.72. The van der Waals surface area contributed by atoms with Gasteiger partial charge in [-0.05, 0) is 0 Å². The fraction of sp³-hybridized carbons (Fsp3) is 0.176. The third-order valence-electron chi connectivity index (χ3n) is 10.7. The Hall–Kier alpha value is -2.74. The van der Waals surface area contributed by atoms with E-state index in [0.717, 1.165) is 12.8 Å². The summed E-state index contributed by atoms with van der Waals surface area (Å²) in [5.41, 5.74) is 7.05. The average Bonchev–Trinajstić information content (AvgIpc) is 3.59. The molecule has 186 valence electrons. The Labute approximate surface area is 217 Å². The van der Waals surface area contributed by atoms with Crippen molar-refractivity contribution in [3.63, 3.8) is 0 Å². The average molecular weight is 579 g/mol. The van der Waals surface area contributed by atoms with Gasteiger partial charge in [-0.15, -0.1) is 0 Å². The summed E-state index contributed by atoms with van der Waals surface area (Å²) in [6, 6.07) is 37.0. The van der Waals surface area contributed by atoms with E-state index in [2.05, 4.69) is 150 Å². The summed E-state index contributed by atoms with van der Waals surface area (Å²) >= 11 is -5.52. The summed E-state index contributed by atoms with van der Waals surface area (Å²) in [4.78, 5) is 2.29. The van der Waals surface area contributed by atoms with Gasteiger partial charge in [0.15, 0.2) is 0 Å². The van der Waals surface area contributed by atoms with Gasteiger partial charge < -0.3 is 0 Å². The first kappa shape index (κ1) is 24.6. The van der Waals surface area contributed by atoms with Crippen LogP contribution >= 0.6 is 0 Å². The molecule has 0 radical (unpaired) electrons. The molecule has 2 aliphatic rings. The number of fused-ring (bicyclic) bond motifs is 3. The quantitative estimate of drug-likeness (QED) is 0.237. The molecule has 0 fully saturated rings. The predicted octanol–water partition coefficient (Wildman–Crippen LogP) is 5.85. The number of nitrogens with zero attached hydrogens (tertiary/aromatic N) is 1. The standard InChI is InChI=1S/C15H14N.2C6H5.C5H5.2CH3.H2Si.Zr/c1-16(2)14-9-5-7-12-10-11-6-3-4-8-13(11)15(12)14;2*1-2-4-6-5-3-1;1-2-4-5-3-1;;;;/h3-6,8-9H,10H2,1-2H3;2*1-5H;1-3H,4H2;2*1H3;1H2;. The van der Waals surface area contributed by atoms with Crippen LogP contribution in [0.4, 0.5) is 5.69 Å². The van der Waals surface area contributed by atoms with Crippen LogP contribution in [0.1, 0.15) is 17.5 Å². The normalized spacial score (nSPS) is 17.1. The topological polar surface area (TPSA) is 3.24 Å². The van der Waals surface area contributed by atoms with Crippen molar-refractivity contribution in [3.8, 4) is 11.1 Å². The van der Waals surface area contributed by atoms with Crippen LogP contribution in [0.2, 0.25) is 9.26 Å². The van der Waals surface area contributed by atoms with Crippen LogP contribution in [-0.2, 0) is 20.9 Å². The third-order valence-corrected chi connectivity index (χ3v) is 48.3. The van der Waals surface area contributed by atoms with Gasteiger partial charge in [-0.1, -0.05) is 0 Å². The molecule has 0 atom stereocenters. The molecule has 1 nitrogen and oxygen atoms in total. The van der Waals surface area contributed by atoms with Crippen LogP contribution in [0.5, 0.6) is 0 Å². The van der Waals surface area contributed by atoms with Gasteiger partial charge >= 0.3 is 219 Å². The van der Waals surface area contributed by atoms with Gasteiger partial charge in [-0.3, -0.25) is 0 Å². The zero-order valence-electron chi connectivity index (χ0n) is 22.5. The number of anilines is 1. The van der Waals surface area contributed by atoms with Gasteiger partial charge in [-0.2, -0.15) is 0 Å². The van der Waals surface area contributed by atoms with E-state index in [1.165, 1.54) is 34.5 Å². The van der Waals surface area contributed by atoms with Crippen LogP contribution < -0.4 is 14.7 Å². The molecule has 3 heteroatoms. The second-order valence-corrected chi connectivity index (χ2v) is 58.8. The minimum atomic E-state index is -5.52. The Morgan fingerprint density at radius 3 is 1.89 bits per heavy atom. The van der Waals surface area contributed by atoms with Gasteiger partial charge in [0, 0.05) is 0 Å². The van der Waals surface area contributed by atoms with E-state index in [1.54, 1.807) is 6.55 Å². The first-order valence-corrected chi connectivity index (χ1v) is 29.2. The summed E-state index contributed by atoms with van der Waals surface area (Å²) in [5.74, 6) is 0. The molecular weight excluding hydrogens is 542 g/mol. The van der Waals surface area contributed by atoms with E-state index in [0.29, 0.717) is 0 Å². The van der Waals surface area contributed by atoms with Crippen molar-refractivity contribution in [2.24, 2.45) is 0 Å². The molecule has 6 rings (SSSR count). The Morgan fingerprint density at radius 2 is 1.32 bits per heavy atom. The van der Waals surface area contributed by atoms with E-state index in [4.69, 9.17) is 0 Å². The number of hydrogen-bond acceptors (Lipinski definition) is 1. The summed E-state index contributed by atoms with van der Waals surface area (Å²) in [6.45, 7) is 2.37. The molecule has 0 unspecified atom stereocenters. The molecule has 0 N–H and O–H groups in total. The fourth-order valence-electron chi connectivity index (χ4n) is 8.11. The predicted molar refractivity (Wildman–Crippen MR) is 163 cm³/mol. The molecule has 0 aliphatic heterocycles. The van der Waals surface area contributed by atoms with Gasteiger partial charge in [0.2, 0.25) is 0 Å². The zero-order valence-corrected chi connectivity index (χ0v) is 26.4. The van der Waals surface area contributed by atoms with Crippen LogP contribution in [0, 0.1) is 0 Å². The number of hydrogen-bond donors (Lipinski definition) is 0. The Morgan fingerprint density at radius 1 is 0.730 bits per heavy atom. The molecule has 0 spiro atoms. The summed E-state index contributed by atoms with van der Waals surface area (Å²) in [5, 5.41) is 0. The van der Waals surface area contributed by atoms with Crippen molar-refractivity contribution < 1.29 is 14.4 Å². The summed E-state index contributed by atoms with van der Waals surface area (Å²) in [6.07, 6.45) is 9.07. The van der Waals surface area contributed by atoms with Crippen molar-refractivity contribution in [2.75, 3.05) is 19.0 Å². The van der Waals surface area contributed by atoms with Crippen LogP contribution in [0.15, 0.2) is 119 Å². The second-order valence-electron chi connectivity index (χ2n) is 13.4. The molecule has 0 saturated heterocycles. The van der Waals surface area contributed by atoms with Gasteiger partial charge in [0.1, 0.15) is 0 Å². The molecule has 37 heavy (non-hydrogen) atoms. The Kier molecular flexibility index (Phi) is 4.80. The summed E-state index contributed by atoms with van der Waals surface area (Å²) < 4.78 is 11.5. The van der Waals surface area contributed by atoms with Crippen LogP contribution in [0.25, 0.3) is 11.1 Å². The fourth-order valence-corrected chi connectivity index (χ4v) is 37.2. The van der Waals surface area contributed by atoms with Gasteiger partial charge in [0.05, 0.1) is 0 Å². The zero-order chi connectivity index (χ0) is 26.0. The van der Waals surface area contributed by atoms with Crippen LogP contribution in [-0.4, -0.2) is 21.0 Å². The van der Waals surface area contributed by atoms with E-state index >= 15 is 0 Å². The van der Waals surface area contributed by atoms with E-state index in [9.17, 15) is 0 Å². The van der Waals surface area contributed by atoms with Crippen molar-refractivity contribution >= 4 is 22.4 Å². The number of rotatable bonds is 5. The molecule has 0 bridgehead atoms. The Bertz CT molecular complexity index is 1720. The molecule has 2 aliphatic carbocycles. The molecule has 0 amide bonds. The molecular formula is C34H37NSiZr. The third kappa shape index (κ3) is 2.77. The monoisotopic (exact) mass is 577 g/mol. The van der Waals surface area contributed by atoms with Crippen molar-refractivity contribution in [3.05, 3.63) is 130 Å². The second kappa shape index (κ2) is 7.22. The minimum absolute atomic E-state index is 0.971. The number of benzene rings is 4. The van der Waals surface area contributed by atoms with Crippen LogP contribution in [0.3, 0.4) is 0 Å². The molecule has 0 aromatic heterocycles. The van der Waals surface area contributed by atoms with E-state index in [-0.39, 0.29) is 0 Å². The summed E-state index contributed by atoms with van der Waals surface area (Å²) in [7, 11) is 4.35. The van der Waals surface area contributed by atoms with E-state index in [1.807, 2.05) is 0 Å². The van der Waals surface area contributed by atoms with Gasteiger partial charge in [0.25, 0.3) is 0 Å². The van der Waals surface area contributed by atoms with Crippen molar-refractivity contribution in [1.82, 2.24) is 0 Å².